The smallest absolute Gasteiger partial charge is 0.229 e. The van der Waals surface area contributed by atoms with Crippen LogP contribution in [-0.4, -0.2) is 44.4 Å². The van der Waals surface area contributed by atoms with E-state index >= 15 is 0 Å². The van der Waals surface area contributed by atoms with Gasteiger partial charge in [-0.3, -0.25) is 14.7 Å². The van der Waals surface area contributed by atoms with Crippen LogP contribution in [-0.2, 0) is 11.3 Å². The largest absolute Gasteiger partial charge is 0.305 e. The van der Waals surface area contributed by atoms with Gasteiger partial charge in [-0.2, -0.15) is 0 Å². The standard InChI is InChI=1S/C16H17N5O/c22-16-7-15-14(21(16)13-8-17-11-18-9-13)4-6-20(15)10-12-3-1-2-5-19-12/h1-3,5,8-9,11,14-15H,4,6-7,10H2/t14-,15-/m1/s1. The Morgan fingerprint density at radius 3 is 2.82 bits per heavy atom. The van der Waals surface area contributed by atoms with E-state index in [-0.39, 0.29) is 18.0 Å². The number of likely N-dealkylation sites (tertiary alicyclic amines) is 1. The van der Waals surface area contributed by atoms with E-state index < -0.39 is 0 Å². The quantitative estimate of drug-likeness (QED) is 0.853. The van der Waals surface area contributed by atoms with Crippen LogP contribution in [0.3, 0.4) is 0 Å². The topological polar surface area (TPSA) is 62.2 Å². The molecule has 4 heterocycles. The fourth-order valence-corrected chi connectivity index (χ4v) is 3.58. The lowest BCUT2D eigenvalue weighted by atomic mass is 10.1. The van der Waals surface area contributed by atoms with Gasteiger partial charge in [-0.15, -0.1) is 0 Å². The van der Waals surface area contributed by atoms with Crippen LogP contribution in [0, 0.1) is 0 Å². The zero-order valence-corrected chi connectivity index (χ0v) is 12.2. The molecule has 112 valence electrons. The molecule has 0 radical (unpaired) electrons. The van der Waals surface area contributed by atoms with Crippen LogP contribution in [0.2, 0.25) is 0 Å². The van der Waals surface area contributed by atoms with Crippen molar-refractivity contribution < 1.29 is 4.79 Å². The van der Waals surface area contributed by atoms with E-state index in [0.29, 0.717) is 6.42 Å². The van der Waals surface area contributed by atoms with Gasteiger partial charge in [0.1, 0.15) is 6.33 Å². The number of fused-ring (bicyclic) bond motifs is 1. The number of anilines is 1. The number of nitrogens with zero attached hydrogens (tertiary/aromatic N) is 5. The number of pyridine rings is 1. The molecule has 0 aromatic carbocycles. The monoisotopic (exact) mass is 295 g/mol. The van der Waals surface area contributed by atoms with Crippen molar-refractivity contribution in [2.75, 3.05) is 11.4 Å². The molecule has 0 spiro atoms. The Kier molecular flexibility index (Phi) is 3.31. The Hall–Kier alpha value is -2.34. The maximum absolute atomic E-state index is 12.4. The predicted molar refractivity (Wildman–Crippen MR) is 81.0 cm³/mol. The molecule has 2 aromatic rings. The molecule has 2 saturated heterocycles. The number of rotatable bonds is 3. The third-order valence-electron chi connectivity index (χ3n) is 4.53. The summed E-state index contributed by atoms with van der Waals surface area (Å²) < 4.78 is 0. The highest BCUT2D eigenvalue weighted by atomic mass is 16.2. The Labute approximate surface area is 128 Å². The molecule has 0 bridgehead atoms. The van der Waals surface area contributed by atoms with Crippen LogP contribution < -0.4 is 4.90 Å². The van der Waals surface area contributed by atoms with Gasteiger partial charge in [0.05, 0.1) is 29.8 Å². The van der Waals surface area contributed by atoms with Crippen molar-refractivity contribution in [1.29, 1.82) is 0 Å². The molecule has 1 amide bonds. The number of hydrogen-bond donors (Lipinski definition) is 0. The van der Waals surface area contributed by atoms with Crippen LogP contribution in [0.1, 0.15) is 18.5 Å². The second kappa shape index (κ2) is 5.46. The summed E-state index contributed by atoms with van der Waals surface area (Å²) in [4.78, 5) is 29.1. The van der Waals surface area contributed by atoms with Gasteiger partial charge in [-0.05, 0) is 18.6 Å². The van der Waals surface area contributed by atoms with Gasteiger partial charge in [0, 0.05) is 31.7 Å². The van der Waals surface area contributed by atoms with Crippen LogP contribution in [0.25, 0.3) is 0 Å². The zero-order chi connectivity index (χ0) is 14.9. The summed E-state index contributed by atoms with van der Waals surface area (Å²) in [6.07, 6.45) is 8.29. The van der Waals surface area contributed by atoms with Gasteiger partial charge in [0.2, 0.25) is 5.91 Å². The molecule has 0 aliphatic carbocycles. The molecule has 0 saturated carbocycles. The van der Waals surface area contributed by atoms with Gasteiger partial charge >= 0.3 is 0 Å². The average molecular weight is 295 g/mol. The lowest BCUT2D eigenvalue weighted by molar-refractivity contribution is -0.117. The summed E-state index contributed by atoms with van der Waals surface area (Å²) >= 11 is 0. The number of amides is 1. The van der Waals surface area contributed by atoms with Crippen molar-refractivity contribution in [3.63, 3.8) is 0 Å². The van der Waals surface area contributed by atoms with E-state index in [9.17, 15) is 4.79 Å². The van der Waals surface area contributed by atoms with Crippen molar-refractivity contribution >= 4 is 11.6 Å². The van der Waals surface area contributed by atoms with Crippen LogP contribution in [0.5, 0.6) is 0 Å². The van der Waals surface area contributed by atoms with Crippen molar-refractivity contribution in [2.24, 2.45) is 0 Å². The van der Waals surface area contributed by atoms with Crippen molar-refractivity contribution in [3.05, 3.63) is 48.8 Å². The predicted octanol–water partition coefficient (Wildman–Crippen LogP) is 1.25. The highest BCUT2D eigenvalue weighted by Crippen LogP contribution is 2.35. The molecule has 2 aromatic heterocycles. The molecule has 22 heavy (non-hydrogen) atoms. The minimum absolute atomic E-state index is 0.163. The Balaban J connectivity index is 1.54. The maximum Gasteiger partial charge on any atom is 0.229 e. The van der Waals surface area contributed by atoms with E-state index in [2.05, 4.69) is 19.9 Å². The second-order valence-corrected chi connectivity index (χ2v) is 5.78. The van der Waals surface area contributed by atoms with Gasteiger partial charge in [-0.25, -0.2) is 9.97 Å². The Morgan fingerprint density at radius 2 is 2.05 bits per heavy atom. The molecule has 0 unspecified atom stereocenters. The van der Waals surface area contributed by atoms with Gasteiger partial charge in [-0.1, -0.05) is 6.07 Å². The lowest BCUT2D eigenvalue weighted by Gasteiger charge is -2.24. The Bertz CT molecular complexity index is 663. The summed E-state index contributed by atoms with van der Waals surface area (Å²) in [6, 6.07) is 6.44. The molecule has 2 atom stereocenters. The van der Waals surface area contributed by atoms with Gasteiger partial charge in [0.25, 0.3) is 0 Å². The van der Waals surface area contributed by atoms with Crippen LogP contribution in [0.4, 0.5) is 5.69 Å². The summed E-state index contributed by atoms with van der Waals surface area (Å²) in [5, 5.41) is 0. The molecule has 6 heteroatoms. The molecular weight excluding hydrogens is 278 g/mol. The summed E-state index contributed by atoms with van der Waals surface area (Å²) in [6.45, 7) is 1.79. The molecular formula is C16H17N5O. The third kappa shape index (κ3) is 2.25. The van der Waals surface area contributed by atoms with Crippen molar-refractivity contribution in [2.45, 2.75) is 31.5 Å². The second-order valence-electron chi connectivity index (χ2n) is 5.78. The van der Waals surface area contributed by atoms with Gasteiger partial charge in [0.15, 0.2) is 0 Å². The van der Waals surface area contributed by atoms with E-state index in [0.717, 1.165) is 30.9 Å². The van der Waals surface area contributed by atoms with Crippen molar-refractivity contribution in [3.8, 4) is 0 Å². The van der Waals surface area contributed by atoms with E-state index in [1.165, 1.54) is 6.33 Å². The molecule has 0 N–H and O–H groups in total. The first kappa shape index (κ1) is 13.3. The first-order valence-electron chi connectivity index (χ1n) is 7.54. The van der Waals surface area contributed by atoms with E-state index in [1.807, 2.05) is 29.3 Å². The van der Waals surface area contributed by atoms with E-state index in [1.54, 1.807) is 12.4 Å². The minimum Gasteiger partial charge on any atom is -0.305 e. The zero-order valence-electron chi connectivity index (χ0n) is 12.2. The maximum atomic E-state index is 12.4. The fourth-order valence-electron chi connectivity index (χ4n) is 3.58. The highest BCUT2D eigenvalue weighted by molar-refractivity contribution is 5.97. The van der Waals surface area contributed by atoms with Crippen LogP contribution >= 0.6 is 0 Å². The van der Waals surface area contributed by atoms with Crippen molar-refractivity contribution in [1.82, 2.24) is 19.9 Å². The molecule has 2 aliphatic heterocycles. The fraction of sp³-hybridized carbons (Fsp3) is 0.375. The summed E-state index contributed by atoms with van der Waals surface area (Å²) in [5.41, 5.74) is 1.86. The highest BCUT2D eigenvalue weighted by Gasteiger charge is 2.47. The first-order valence-corrected chi connectivity index (χ1v) is 7.54. The number of hydrogen-bond acceptors (Lipinski definition) is 5. The van der Waals surface area contributed by atoms with E-state index in [4.69, 9.17) is 0 Å². The lowest BCUT2D eigenvalue weighted by Crippen LogP contribution is -2.37. The normalized spacial score (nSPS) is 24.7. The Morgan fingerprint density at radius 1 is 1.18 bits per heavy atom. The first-order chi connectivity index (χ1) is 10.8. The number of carbonyl (C=O) groups is 1. The molecule has 6 nitrogen and oxygen atoms in total. The average Bonchev–Trinajstić information content (AvgIpc) is 3.08. The SMILES string of the molecule is O=C1C[C@@H]2[C@@H](CCN2Cc2ccccn2)N1c1cncnc1. The van der Waals surface area contributed by atoms with Crippen LogP contribution in [0.15, 0.2) is 43.1 Å². The van der Waals surface area contributed by atoms with Gasteiger partial charge < -0.3 is 4.90 Å². The summed E-state index contributed by atoms with van der Waals surface area (Å²) in [5.74, 6) is 0.163. The minimum atomic E-state index is 0.163. The third-order valence-corrected chi connectivity index (χ3v) is 4.53. The molecule has 2 aliphatic rings. The molecule has 4 rings (SSSR count). The summed E-state index contributed by atoms with van der Waals surface area (Å²) in [7, 11) is 0. The number of carbonyl (C=O) groups excluding carboxylic acids is 1. The molecule has 2 fully saturated rings. The number of aromatic nitrogens is 3.